The van der Waals surface area contributed by atoms with E-state index in [-0.39, 0.29) is 17.8 Å². The lowest BCUT2D eigenvalue weighted by Gasteiger charge is -2.13. The summed E-state index contributed by atoms with van der Waals surface area (Å²) in [7, 11) is 0. The van der Waals surface area contributed by atoms with Crippen LogP contribution in [0.5, 0.6) is 5.75 Å². The van der Waals surface area contributed by atoms with Gasteiger partial charge in [-0.1, -0.05) is 30.3 Å². The van der Waals surface area contributed by atoms with Gasteiger partial charge in [-0.15, -0.1) is 0 Å². The summed E-state index contributed by atoms with van der Waals surface area (Å²) < 4.78 is 18.4. The Bertz CT molecular complexity index is 680. The molecule has 0 heterocycles. The second-order valence-corrected chi connectivity index (χ2v) is 5.09. The third-order valence-corrected chi connectivity index (χ3v) is 3.36. The van der Waals surface area contributed by atoms with Crippen LogP contribution in [0.1, 0.15) is 31.0 Å². The van der Waals surface area contributed by atoms with E-state index in [4.69, 9.17) is 4.74 Å². The average molecular weight is 313 g/mol. The largest absolute Gasteiger partial charge is 0.493 e. The number of rotatable bonds is 6. The lowest BCUT2D eigenvalue weighted by atomic mass is 10.1. The fourth-order valence-electron chi connectivity index (χ4n) is 2.17. The van der Waals surface area contributed by atoms with Crippen molar-refractivity contribution in [3.8, 4) is 5.75 Å². The van der Waals surface area contributed by atoms with E-state index < -0.39 is 0 Å². The molecule has 23 heavy (non-hydrogen) atoms. The lowest BCUT2D eigenvalue weighted by Crippen LogP contribution is -2.24. The number of hydrogen-bond donors (Lipinski definition) is 1. The molecular weight excluding hydrogens is 293 g/mol. The molecule has 0 radical (unpaired) electrons. The molecule has 2 rings (SSSR count). The van der Waals surface area contributed by atoms with E-state index in [1.54, 1.807) is 18.2 Å². The van der Waals surface area contributed by atoms with Crippen molar-refractivity contribution in [1.29, 1.82) is 0 Å². The minimum absolute atomic E-state index is 0.199. The van der Waals surface area contributed by atoms with Crippen LogP contribution in [-0.2, 0) is 4.79 Å². The first-order valence-electron chi connectivity index (χ1n) is 7.56. The Balaban J connectivity index is 2.00. The number of nitrogens with one attached hydrogen (secondary N) is 1. The maximum Gasteiger partial charge on any atom is 0.244 e. The molecule has 4 heteroatoms. The van der Waals surface area contributed by atoms with E-state index >= 15 is 0 Å². The highest BCUT2D eigenvalue weighted by Gasteiger charge is 2.07. The molecule has 2 aromatic rings. The zero-order valence-corrected chi connectivity index (χ0v) is 13.3. The molecule has 120 valence electrons. The van der Waals surface area contributed by atoms with Gasteiger partial charge in [0.1, 0.15) is 11.6 Å². The monoisotopic (exact) mass is 313 g/mol. The molecule has 0 aliphatic rings. The molecule has 1 amide bonds. The van der Waals surface area contributed by atoms with Crippen LogP contribution in [0.2, 0.25) is 0 Å². The molecule has 0 unspecified atom stereocenters. The number of benzene rings is 2. The second-order valence-electron chi connectivity index (χ2n) is 5.09. The summed E-state index contributed by atoms with van der Waals surface area (Å²) in [5.74, 6) is 0.235. The number of halogens is 1. The average Bonchev–Trinajstić information content (AvgIpc) is 2.55. The second kappa shape index (κ2) is 8.13. The molecule has 0 saturated carbocycles. The topological polar surface area (TPSA) is 38.3 Å². The number of ether oxygens (including phenoxy) is 1. The first-order chi connectivity index (χ1) is 11.1. The van der Waals surface area contributed by atoms with Crippen molar-refractivity contribution in [2.24, 2.45) is 0 Å². The van der Waals surface area contributed by atoms with Gasteiger partial charge in [-0.25, -0.2) is 4.39 Å². The molecule has 1 atom stereocenters. The first kappa shape index (κ1) is 16.7. The zero-order valence-electron chi connectivity index (χ0n) is 13.3. The SMILES string of the molecule is CCOc1ccccc1/C=C/C(=O)N[C@H](C)c1ccc(F)cc1. The van der Waals surface area contributed by atoms with Crippen molar-refractivity contribution < 1.29 is 13.9 Å². The maximum atomic E-state index is 12.9. The number of carbonyl (C=O) groups is 1. The molecular formula is C19H20FNO2. The van der Waals surface area contributed by atoms with E-state index in [2.05, 4.69) is 5.32 Å². The Labute approximate surface area is 135 Å². The van der Waals surface area contributed by atoms with Crippen LogP contribution in [0.15, 0.2) is 54.6 Å². The van der Waals surface area contributed by atoms with Crippen molar-refractivity contribution in [1.82, 2.24) is 5.32 Å². The minimum Gasteiger partial charge on any atom is -0.493 e. The van der Waals surface area contributed by atoms with E-state index in [1.807, 2.05) is 38.1 Å². The van der Waals surface area contributed by atoms with Gasteiger partial charge < -0.3 is 10.1 Å². The summed E-state index contributed by atoms with van der Waals surface area (Å²) in [6.07, 6.45) is 3.19. The summed E-state index contributed by atoms with van der Waals surface area (Å²) in [5.41, 5.74) is 1.70. The third-order valence-electron chi connectivity index (χ3n) is 3.36. The lowest BCUT2D eigenvalue weighted by molar-refractivity contribution is -0.117. The Hall–Kier alpha value is -2.62. The number of para-hydroxylation sites is 1. The van der Waals surface area contributed by atoms with E-state index in [0.717, 1.165) is 16.9 Å². The molecule has 0 saturated heterocycles. The molecule has 3 nitrogen and oxygen atoms in total. The molecule has 0 spiro atoms. The van der Waals surface area contributed by atoms with Crippen molar-refractivity contribution >= 4 is 12.0 Å². The van der Waals surface area contributed by atoms with Gasteiger partial charge in [0.25, 0.3) is 0 Å². The van der Waals surface area contributed by atoms with Crippen molar-refractivity contribution in [2.45, 2.75) is 19.9 Å². The summed E-state index contributed by atoms with van der Waals surface area (Å²) in [5, 5.41) is 2.85. The van der Waals surface area contributed by atoms with E-state index in [1.165, 1.54) is 18.2 Å². The Morgan fingerprint density at radius 2 is 1.91 bits per heavy atom. The third kappa shape index (κ3) is 4.95. The van der Waals surface area contributed by atoms with Gasteiger partial charge in [-0.05, 0) is 43.7 Å². The Morgan fingerprint density at radius 1 is 1.22 bits per heavy atom. The fourth-order valence-corrected chi connectivity index (χ4v) is 2.17. The highest BCUT2D eigenvalue weighted by Crippen LogP contribution is 2.19. The summed E-state index contributed by atoms with van der Waals surface area (Å²) in [6.45, 7) is 4.34. The van der Waals surface area contributed by atoms with Crippen LogP contribution in [-0.4, -0.2) is 12.5 Å². The molecule has 0 bridgehead atoms. The van der Waals surface area contributed by atoms with Gasteiger partial charge in [0.05, 0.1) is 12.6 Å². The number of amides is 1. The van der Waals surface area contributed by atoms with Crippen molar-refractivity contribution in [2.75, 3.05) is 6.61 Å². The Kier molecular flexibility index (Phi) is 5.92. The van der Waals surface area contributed by atoms with Gasteiger partial charge in [-0.3, -0.25) is 4.79 Å². The standard InChI is InChI=1S/C19H20FNO2/c1-3-23-18-7-5-4-6-16(18)10-13-19(22)21-14(2)15-8-11-17(20)12-9-15/h4-14H,3H2,1-2H3,(H,21,22)/b13-10+/t14-/m1/s1. The molecule has 2 aromatic carbocycles. The van der Waals surface area contributed by atoms with Crippen molar-refractivity contribution in [3.63, 3.8) is 0 Å². The number of carbonyl (C=O) groups excluding carboxylic acids is 1. The van der Waals surface area contributed by atoms with Crippen LogP contribution in [0.4, 0.5) is 4.39 Å². The fraction of sp³-hybridized carbons (Fsp3) is 0.211. The predicted molar refractivity (Wildman–Crippen MR) is 89.6 cm³/mol. The van der Waals surface area contributed by atoms with Crippen LogP contribution >= 0.6 is 0 Å². The minimum atomic E-state index is -0.292. The van der Waals surface area contributed by atoms with Crippen molar-refractivity contribution in [3.05, 3.63) is 71.6 Å². The van der Waals surface area contributed by atoms with Crippen LogP contribution < -0.4 is 10.1 Å². The van der Waals surface area contributed by atoms with Crippen LogP contribution in [0, 0.1) is 5.82 Å². The van der Waals surface area contributed by atoms with Gasteiger partial charge in [0.2, 0.25) is 5.91 Å². The smallest absolute Gasteiger partial charge is 0.244 e. The molecule has 0 aliphatic carbocycles. The van der Waals surface area contributed by atoms with Gasteiger partial charge in [0.15, 0.2) is 0 Å². The van der Waals surface area contributed by atoms with Gasteiger partial charge in [0, 0.05) is 11.6 Å². The van der Waals surface area contributed by atoms with E-state index in [0.29, 0.717) is 6.61 Å². The highest BCUT2D eigenvalue weighted by atomic mass is 19.1. The molecule has 0 aromatic heterocycles. The maximum absolute atomic E-state index is 12.9. The summed E-state index contributed by atoms with van der Waals surface area (Å²) >= 11 is 0. The number of hydrogen-bond acceptors (Lipinski definition) is 2. The predicted octanol–water partition coefficient (Wildman–Crippen LogP) is 4.12. The Morgan fingerprint density at radius 3 is 2.61 bits per heavy atom. The van der Waals surface area contributed by atoms with Crippen LogP contribution in [0.25, 0.3) is 6.08 Å². The highest BCUT2D eigenvalue weighted by molar-refractivity contribution is 5.92. The first-order valence-corrected chi connectivity index (χ1v) is 7.56. The molecule has 0 aliphatic heterocycles. The van der Waals surface area contributed by atoms with Gasteiger partial charge in [-0.2, -0.15) is 0 Å². The van der Waals surface area contributed by atoms with Gasteiger partial charge >= 0.3 is 0 Å². The molecule has 1 N–H and O–H groups in total. The molecule has 0 fully saturated rings. The summed E-state index contributed by atoms with van der Waals surface area (Å²) in [4.78, 5) is 12.0. The van der Waals surface area contributed by atoms with E-state index in [9.17, 15) is 9.18 Å². The zero-order chi connectivity index (χ0) is 16.7. The normalized spacial score (nSPS) is 12.1. The van der Waals surface area contributed by atoms with Crippen LogP contribution in [0.3, 0.4) is 0 Å². The quantitative estimate of drug-likeness (QED) is 0.815. The summed E-state index contributed by atoms with van der Waals surface area (Å²) in [6, 6.07) is 13.4.